The highest BCUT2D eigenvalue weighted by atomic mass is 19.1. The Labute approximate surface area is 117 Å². The van der Waals surface area contributed by atoms with Gasteiger partial charge in [0.15, 0.2) is 11.6 Å². The minimum absolute atomic E-state index is 0.00313. The van der Waals surface area contributed by atoms with Gasteiger partial charge in [-0.05, 0) is 38.3 Å². The quantitative estimate of drug-likeness (QED) is 0.888. The van der Waals surface area contributed by atoms with Crippen molar-refractivity contribution < 1.29 is 13.9 Å². The van der Waals surface area contributed by atoms with Gasteiger partial charge in [-0.1, -0.05) is 0 Å². The number of fused-ring (bicyclic) bond motifs is 2. The Morgan fingerprint density at radius 2 is 2.35 bits per heavy atom. The average molecular weight is 278 g/mol. The van der Waals surface area contributed by atoms with Gasteiger partial charge in [0.25, 0.3) is 0 Å². The average Bonchev–Trinajstić information content (AvgIpc) is 3.04. The molecule has 2 saturated heterocycles. The van der Waals surface area contributed by atoms with Gasteiger partial charge in [0.2, 0.25) is 5.91 Å². The molecule has 1 aromatic rings. The number of nitrogens with one attached hydrogen (secondary N) is 2. The lowest BCUT2D eigenvalue weighted by Crippen LogP contribution is -2.32. The van der Waals surface area contributed by atoms with Gasteiger partial charge in [-0.15, -0.1) is 0 Å². The fourth-order valence-electron chi connectivity index (χ4n) is 3.20. The smallest absolute Gasteiger partial charge is 0.229 e. The van der Waals surface area contributed by atoms with Crippen LogP contribution in [-0.2, 0) is 4.79 Å². The van der Waals surface area contributed by atoms with Crippen LogP contribution in [0, 0.1) is 11.7 Å². The van der Waals surface area contributed by atoms with E-state index in [1.54, 1.807) is 19.1 Å². The SMILES string of the molecule is CCOc1ccc(NC(=O)C2CC3CCC2N3)cc1F. The number of hydrogen-bond acceptors (Lipinski definition) is 3. The third kappa shape index (κ3) is 2.50. The molecule has 0 saturated carbocycles. The second kappa shape index (κ2) is 5.40. The van der Waals surface area contributed by atoms with Crippen LogP contribution in [0.3, 0.4) is 0 Å². The van der Waals surface area contributed by atoms with E-state index in [1.165, 1.54) is 6.07 Å². The summed E-state index contributed by atoms with van der Waals surface area (Å²) in [4.78, 5) is 12.2. The van der Waals surface area contributed by atoms with E-state index in [1.807, 2.05) is 0 Å². The Balaban J connectivity index is 1.65. The molecule has 2 heterocycles. The molecule has 108 valence electrons. The molecule has 2 fully saturated rings. The normalized spacial score (nSPS) is 27.6. The van der Waals surface area contributed by atoms with E-state index in [0.717, 1.165) is 19.3 Å². The first kappa shape index (κ1) is 13.4. The molecule has 0 radical (unpaired) electrons. The van der Waals surface area contributed by atoms with E-state index in [2.05, 4.69) is 10.6 Å². The molecular weight excluding hydrogens is 259 g/mol. The molecule has 1 amide bonds. The summed E-state index contributed by atoms with van der Waals surface area (Å²) in [6, 6.07) is 5.30. The Morgan fingerprint density at radius 3 is 2.95 bits per heavy atom. The lowest BCUT2D eigenvalue weighted by Gasteiger charge is -2.19. The summed E-state index contributed by atoms with van der Waals surface area (Å²) in [5, 5.41) is 6.23. The topological polar surface area (TPSA) is 50.4 Å². The Kier molecular flexibility index (Phi) is 3.61. The summed E-state index contributed by atoms with van der Waals surface area (Å²) in [6.45, 7) is 2.22. The van der Waals surface area contributed by atoms with Crippen molar-refractivity contribution in [1.82, 2.24) is 5.32 Å². The van der Waals surface area contributed by atoms with Crippen LogP contribution < -0.4 is 15.4 Å². The molecule has 3 rings (SSSR count). The molecule has 5 heteroatoms. The predicted octanol–water partition coefficient (Wildman–Crippen LogP) is 2.30. The number of carbonyl (C=O) groups is 1. The minimum Gasteiger partial charge on any atom is -0.491 e. The molecular formula is C15H19FN2O2. The van der Waals surface area contributed by atoms with E-state index >= 15 is 0 Å². The van der Waals surface area contributed by atoms with Crippen LogP contribution in [0.5, 0.6) is 5.75 Å². The van der Waals surface area contributed by atoms with Crippen molar-refractivity contribution in [3.63, 3.8) is 0 Å². The van der Waals surface area contributed by atoms with Gasteiger partial charge in [0.05, 0.1) is 12.5 Å². The summed E-state index contributed by atoms with van der Waals surface area (Å²) in [5.41, 5.74) is 0.485. The van der Waals surface area contributed by atoms with Crippen LogP contribution in [0.15, 0.2) is 18.2 Å². The van der Waals surface area contributed by atoms with Gasteiger partial charge in [-0.3, -0.25) is 4.79 Å². The number of rotatable bonds is 4. The summed E-state index contributed by atoms with van der Waals surface area (Å²) in [5.74, 6) is -0.251. The fraction of sp³-hybridized carbons (Fsp3) is 0.533. The van der Waals surface area contributed by atoms with Crippen molar-refractivity contribution in [3.05, 3.63) is 24.0 Å². The van der Waals surface area contributed by atoms with Gasteiger partial charge in [0, 0.05) is 23.8 Å². The predicted molar refractivity (Wildman–Crippen MR) is 74.3 cm³/mol. The fourth-order valence-corrected chi connectivity index (χ4v) is 3.20. The molecule has 0 aliphatic carbocycles. The molecule has 4 nitrogen and oxygen atoms in total. The molecule has 2 N–H and O–H groups in total. The zero-order valence-electron chi connectivity index (χ0n) is 11.5. The lowest BCUT2D eigenvalue weighted by atomic mass is 9.88. The third-order valence-electron chi connectivity index (χ3n) is 4.14. The first-order valence-electron chi connectivity index (χ1n) is 7.16. The zero-order valence-corrected chi connectivity index (χ0v) is 11.5. The van der Waals surface area contributed by atoms with Gasteiger partial charge in [-0.25, -0.2) is 4.39 Å². The maximum atomic E-state index is 13.7. The van der Waals surface area contributed by atoms with Crippen molar-refractivity contribution >= 4 is 11.6 Å². The summed E-state index contributed by atoms with van der Waals surface area (Å²) < 4.78 is 18.9. The van der Waals surface area contributed by atoms with E-state index in [4.69, 9.17) is 4.74 Å². The maximum Gasteiger partial charge on any atom is 0.229 e. The largest absolute Gasteiger partial charge is 0.491 e. The second-order valence-corrected chi connectivity index (χ2v) is 5.46. The number of benzene rings is 1. The molecule has 3 atom stereocenters. The lowest BCUT2D eigenvalue weighted by molar-refractivity contribution is -0.120. The minimum atomic E-state index is -0.448. The first-order valence-corrected chi connectivity index (χ1v) is 7.16. The number of anilines is 1. The van der Waals surface area contributed by atoms with Crippen LogP contribution >= 0.6 is 0 Å². The number of amides is 1. The molecule has 0 aromatic heterocycles. The second-order valence-electron chi connectivity index (χ2n) is 5.46. The summed E-state index contributed by atoms with van der Waals surface area (Å²) in [7, 11) is 0. The van der Waals surface area contributed by atoms with Gasteiger partial charge in [0.1, 0.15) is 0 Å². The van der Waals surface area contributed by atoms with Crippen molar-refractivity contribution in [2.24, 2.45) is 5.92 Å². The van der Waals surface area contributed by atoms with Crippen molar-refractivity contribution in [3.8, 4) is 5.75 Å². The molecule has 1 aromatic carbocycles. The van der Waals surface area contributed by atoms with Crippen LogP contribution in [-0.4, -0.2) is 24.6 Å². The highest BCUT2D eigenvalue weighted by Gasteiger charge is 2.42. The van der Waals surface area contributed by atoms with Crippen LogP contribution in [0.4, 0.5) is 10.1 Å². The number of carbonyl (C=O) groups excluding carboxylic acids is 1. The van der Waals surface area contributed by atoms with Crippen molar-refractivity contribution in [1.29, 1.82) is 0 Å². The van der Waals surface area contributed by atoms with Crippen molar-refractivity contribution in [2.75, 3.05) is 11.9 Å². The highest BCUT2D eigenvalue weighted by molar-refractivity contribution is 5.93. The number of ether oxygens (including phenoxy) is 1. The zero-order chi connectivity index (χ0) is 14.1. The number of hydrogen-bond donors (Lipinski definition) is 2. The molecule has 20 heavy (non-hydrogen) atoms. The van der Waals surface area contributed by atoms with Gasteiger partial charge in [-0.2, -0.15) is 0 Å². The third-order valence-corrected chi connectivity index (χ3v) is 4.14. The van der Waals surface area contributed by atoms with Crippen LogP contribution in [0.2, 0.25) is 0 Å². The van der Waals surface area contributed by atoms with E-state index in [0.29, 0.717) is 18.3 Å². The molecule has 3 unspecified atom stereocenters. The standard InChI is InChI=1S/C15H19FN2O2/c1-2-20-14-6-4-10(8-12(14)16)18-15(19)11-7-9-3-5-13(11)17-9/h4,6,8-9,11,13,17H,2-3,5,7H2,1H3,(H,18,19). The Bertz CT molecular complexity index is 521. The Morgan fingerprint density at radius 1 is 1.50 bits per heavy atom. The van der Waals surface area contributed by atoms with E-state index in [9.17, 15) is 9.18 Å². The van der Waals surface area contributed by atoms with E-state index in [-0.39, 0.29) is 23.6 Å². The summed E-state index contributed by atoms with van der Waals surface area (Å²) in [6.07, 6.45) is 3.10. The van der Waals surface area contributed by atoms with Gasteiger partial charge < -0.3 is 15.4 Å². The van der Waals surface area contributed by atoms with E-state index < -0.39 is 5.82 Å². The molecule has 0 spiro atoms. The molecule has 2 bridgehead atoms. The maximum absolute atomic E-state index is 13.7. The van der Waals surface area contributed by atoms with Crippen LogP contribution in [0.1, 0.15) is 26.2 Å². The van der Waals surface area contributed by atoms with Crippen molar-refractivity contribution in [2.45, 2.75) is 38.3 Å². The highest BCUT2D eigenvalue weighted by Crippen LogP contribution is 2.34. The first-order chi connectivity index (χ1) is 9.67. The monoisotopic (exact) mass is 278 g/mol. The molecule has 2 aliphatic rings. The molecule has 2 aliphatic heterocycles. The van der Waals surface area contributed by atoms with Crippen LogP contribution in [0.25, 0.3) is 0 Å². The Hall–Kier alpha value is -1.62. The van der Waals surface area contributed by atoms with Gasteiger partial charge >= 0.3 is 0 Å². The summed E-state index contributed by atoms with van der Waals surface area (Å²) >= 11 is 0. The number of halogens is 1.